The summed E-state index contributed by atoms with van der Waals surface area (Å²) < 4.78 is 24.5. The fourth-order valence-electron chi connectivity index (χ4n) is 2.01. The predicted octanol–water partition coefficient (Wildman–Crippen LogP) is 3.34. The normalized spacial score (nSPS) is 11.2. The van der Waals surface area contributed by atoms with Crippen LogP contribution >= 0.6 is 0 Å². The van der Waals surface area contributed by atoms with Crippen molar-refractivity contribution in [3.05, 3.63) is 59.5 Å². The Labute approximate surface area is 147 Å². The van der Waals surface area contributed by atoms with Crippen LogP contribution in [0, 0.1) is 5.82 Å². The Morgan fingerprint density at radius 1 is 1.16 bits per heavy atom. The second-order valence-corrected chi connectivity index (χ2v) is 6.47. The van der Waals surface area contributed by atoms with Crippen LogP contribution in [0.2, 0.25) is 0 Å². The van der Waals surface area contributed by atoms with Crippen LogP contribution in [-0.2, 0) is 11.3 Å². The molecule has 0 saturated carbocycles. The average molecular weight is 346 g/mol. The molecule has 0 fully saturated rings. The van der Waals surface area contributed by atoms with E-state index < -0.39 is 0 Å². The Morgan fingerprint density at radius 3 is 2.56 bits per heavy atom. The predicted molar refractivity (Wildman–Crippen MR) is 93.0 cm³/mol. The van der Waals surface area contributed by atoms with Crippen LogP contribution in [0.15, 0.2) is 42.6 Å². The number of nitrogens with zero attached hydrogens (tertiary/aromatic N) is 1. The molecular weight excluding hydrogens is 323 g/mol. The first-order valence-electron chi connectivity index (χ1n) is 8.09. The van der Waals surface area contributed by atoms with Crippen LogP contribution in [0.1, 0.15) is 36.7 Å². The highest BCUT2D eigenvalue weighted by molar-refractivity contribution is 5.93. The number of hydrogen-bond donors (Lipinski definition) is 1. The molecule has 0 saturated heterocycles. The third kappa shape index (κ3) is 6.51. The second-order valence-electron chi connectivity index (χ2n) is 6.47. The molecule has 0 radical (unpaired) electrons. The molecule has 5 nitrogen and oxygen atoms in total. The summed E-state index contributed by atoms with van der Waals surface area (Å²) >= 11 is 0. The van der Waals surface area contributed by atoms with E-state index in [9.17, 15) is 9.18 Å². The lowest BCUT2D eigenvalue weighted by Gasteiger charge is -2.19. The molecule has 2 aromatic rings. The van der Waals surface area contributed by atoms with Crippen molar-refractivity contribution in [2.75, 3.05) is 13.2 Å². The molecule has 1 aromatic heterocycles. The zero-order chi connectivity index (χ0) is 18.3. The van der Waals surface area contributed by atoms with E-state index in [1.54, 1.807) is 30.3 Å². The molecule has 0 unspecified atom stereocenters. The number of rotatable bonds is 7. The minimum Gasteiger partial charge on any atom is -0.475 e. The lowest BCUT2D eigenvalue weighted by atomic mass is 10.2. The van der Waals surface area contributed by atoms with Gasteiger partial charge >= 0.3 is 0 Å². The number of carbonyl (C=O) groups excluding carboxylic acids is 1. The van der Waals surface area contributed by atoms with Crippen molar-refractivity contribution in [3.63, 3.8) is 0 Å². The van der Waals surface area contributed by atoms with E-state index in [1.165, 1.54) is 12.3 Å². The van der Waals surface area contributed by atoms with E-state index in [4.69, 9.17) is 9.47 Å². The highest BCUT2D eigenvalue weighted by Gasteiger charge is 2.10. The molecule has 0 aliphatic heterocycles. The molecule has 0 spiro atoms. The summed E-state index contributed by atoms with van der Waals surface area (Å²) in [6, 6.07) is 9.55. The van der Waals surface area contributed by atoms with Crippen LogP contribution in [0.5, 0.6) is 5.88 Å². The van der Waals surface area contributed by atoms with E-state index in [0.29, 0.717) is 30.2 Å². The Morgan fingerprint density at radius 2 is 1.92 bits per heavy atom. The maximum absolute atomic E-state index is 13.5. The van der Waals surface area contributed by atoms with Gasteiger partial charge < -0.3 is 14.8 Å². The molecule has 0 aliphatic rings. The Hall–Kier alpha value is -2.47. The maximum Gasteiger partial charge on any atom is 0.253 e. The summed E-state index contributed by atoms with van der Waals surface area (Å²) in [5.74, 6) is -0.247. The minimum atomic E-state index is -0.345. The fraction of sp³-hybridized carbons (Fsp3) is 0.368. The first-order chi connectivity index (χ1) is 11.8. The van der Waals surface area contributed by atoms with Gasteiger partial charge in [0.15, 0.2) is 0 Å². The summed E-state index contributed by atoms with van der Waals surface area (Å²) in [6.07, 6.45) is 1.43. The standard InChI is InChI=1S/C19H23FN2O3/c1-19(2,3)25-11-10-24-17-9-8-15(13-21-17)18(23)22-12-14-6-4-5-7-16(14)20/h4-9,13H,10-12H2,1-3H3,(H,22,23). The highest BCUT2D eigenvalue weighted by Crippen LogP contribution is 2.10. The Balaban J connectivity index is 1.80. The third-order valence-corrected chi connectivity index (χ3v) is 3.26. The van der Waals surface area contributed by atoms with Crippen LogP contribution < -0.4 is 10.1 Å². The van der Waals surface area contributed by atoms with Crippen molar-refractivity contribution < 1.29 is 18.7 Å². The molecule has 1 N–H and O–H groups in total. The summed E-state index contributed by atoms with van der Waals surface area (Å²) in [4.78, 5) is 16.2. The van der Waals surface area contributed by atoms with Crippen molar-refractivity contribution in [2.24, 2.45) is 0 Å². The number of benzene rings is 1. The van der Waals surface area contributed by atoms with Crippen molar-refractivity contribution in [1.29, 1.82) is 0 Å². The summed E-state index contributed by atoms with van der Waals surface area (Å²) in [7, 11) is 0. The molecule has 0 aliphatic carbocycles. The van der Waals surface area contributed by atoms with Gasteiger partial charge in [-0.3, -0.25) is 4.79 Å². The molecule has 0 atom stereocenters. The largest absolute Gasteiger partial charge is 0.475 e. The summed E-state index contributed by atoms with van der Waals surface area (Å²) in [6.45, 7) is 6.87. The van der Waals surface area contributed by atoms with E-state index in [1.807, 2.05) is 20.8 Å². The number of aromatic nitrogens is 1. The molecule has 25 heavy (non-hydrogen) atoms. The summed E-state index contributed by atoms with van der Waals surface area (Å²) in [5.41, 5.74) is 0.606. The lowest BCUT2D eigenvalue weighted by molar-refractivity contribution is -0.0168. The first-order valence-corrected chi connectivity index (χ1v) is 8.09. The minimum absolute atomic E-state index is 0.119. The number of hydrogen-bond acceptors (Lipinski definition) is 4. The highest BCUT2D eigenvalue weighted by atomic mass is 19.1. The number of carbonyl (C=O) groups is 1. The molecule has 134 valence electrons. The van der Waals surface area contributed by atoms with E-state index in [2.05, 4.69) is 10.3 Å². The topological polar surface area (TPSA) is 60.5 Å². The zero-order valence-corrected chi connectivity index (χ0v) is 14.7. The van der Waals surface area contributed by atoms with Gasteiger partial charge in [0, 0.05) is 24.4 Å². The van der Waals surface area contributed by atoms with Gasteiger partial charge in [0.1, 0.15) is 12.4 Å². The van der Waals surface area contributed by atoms with Crippen LogP contribution in [0.25, 0.3) is 0 Å². The van der Waals surface area contributed by atoms with Crippen molar-refractivity contribution in [2.45, 2.75) is 32.9 Å². The molecular formula is C19H23FN2O3. The van der Waals surface area contributed by atoms with Crippen molar-refractivity contribution in [1.82, 2.24) is 10.3 Å². The van der Waals surface area contributed by atoms with Gasteiger partial charge in [-0.05, 0) is 32.9 Å². The van der Waals surface area contributed by atoms with Gasteiger partial charge in [0.25, 0.3) is 5.91 Å². The smallest absolute Gasteiger partial charge is 0.253 e. The molecule has 1 amide bonds. The fourth-order valence-corrected chi connectivity index (χ4v) is 2.01. The first kappa shape index (κ1) is 18.9. The van der Waals surface area contributed by atoms with E-state index >= 15 is 0 Å². The SMILES string of the molecule is CC(C)(C)OCCOc1ccc(C(=O)NCc2ccccc2F)cn1. The molecule has 2 rings (SSSR count). The average Bonchev–Trinajstić information content (AvgIpc) is 2.57. The Kier molecular flexibility index (Phi) is 6.47. The number of nitrogens with one attached hydrogen (secondary N) is 1. The van der Waals surface area contributed by atoms with Gasteiger partial charge in [0.05, 0.1) is 17.8 Å². The van der Waals surface area contributed by atoms with Crippen molar-refractivity contribution in [3.8, 4) is 5.88 Å². The lowest BCUT2D eigenvalue weighted by Crippen LogP contribution is -2.23. The zero-order valence-electron chi connectivity index (χ0n) is 14.7. The number of halogens is 1. The van der Waals surface area contributed by atoms with Crippen LogP contribution in [0.4, 0.5) is 4.39 Å². The van der Waals surface area contributed by atoms with Gasteiger partial charge in [-0.1, -0.05) is 18.2 Å². The number of pyridine rings is 1. The molecule has 0 bridgehead atoms. The van der Waals surface area contributed by atoms with Gasteiger partial charge in [-0.15, -0.1) is 0 Å². The van der Waals surface area contributed by atoms with Gasteiger partial charge in [0.2, 0.25) is 5.88 Å². The third-order valence-electron chi connectivity index (χ3n) is 3.26. The molecule has 1 heterocycles. The van der Waals surface area contributed by atoms with Crippen LogP contribution in [-0.4, -0.2) is 29.7 Å². The van der Waals surface area contributed by atoms with E-state index in [0.717, 1.165) is 0 Å². The molecule has 6 heteroatoms. The van der Waals surface area contributed by atoms with E-state index in [-0.39, 0.29) is 23.9 Å². The van der Waals surface area contributed by atoms with Crippen molar-refractivity contribution >= 4 is 5.91 Å². The second kappa shape index (κ2) is 8.58. The quantitative estimate of drug-likeness (QED) is 0.781. The molecule has 1 aromatic carbocycles. The number of ether oxygens (including phenoxy) is 2. The number of amides is 1. The maximum atomic E-state index is 13.5. The Bertz CT molecular complexity index is 697. The van der Waals surface area contributed by atoms with Gasteiger partial charge in [-0.2, -0.15) is 0 Å². The summed E-state index contributed by atoms with van der Waals surface area (Å²) in [5, 5.41) is 2.66. The van der Waals surface area contributed by atoms with Gasteiger partial charge in [-0.25, -0.2) is 9.37 Å². The monoisotopic (exact) mass is 346 g/mol. The van der Waals surface area contributed by atoms with Crippen LogP contribution in [0.3, 0.4) is 0 Å².